The van der Waals surface area contributed by atoms with Crippen LogP contribution in [0.5, 0.6) is 5.75 Å². The molecule has 0 saturated heterocycles. The monoisotopic (exact) mass is 341 g/mol. The average molecular weight is 342 g/mol. The van der Waals surface area contributed by atoms with Crippen molar-refractivity contribution in [2.75, 3.05) is 0 Å². The van der Waals surface area contributed by atoms with Crippen molar-refractivity contribution in [2.24, 2.45) is 0 Å². The molecule has 0 unspecified atom stereocenters. The second kappa shape index (κ2) is 6.29. The van der Waals surface area contributed by atoms with E-state index in [0.717, 1.165) is 5.39 Å². The highest BCUT2D eigenvalue weighted by atomic mass is 35.5. The third-order valence-corrected chi connectivity index (χ3v) is 3.73. The van der Waals surface area contributed by atoms with Gasteiger partial charge in [0.2, 0.25) is 0 Å². The molecule has 0 spiro atoms. The molecule has 0 aliphatic rings. The Hall–Kier alpha value is -2.93. The van der Waals surface area contributed by atoms with Crippen LogP contribution in [-0.4, -0.2) is 24.9 Å². The molecule has 4 rings (SSSR count). The molecule has 0 amide bonds. The molecule has 7 nitrogen and oxygen atoms in total. The van der Waals surface area contributed by atoms with Gasteiger partial charge in [0, 0.05) is 24.0 Å². The Labute approximate surface area is 141 Å². The zero-order chi connectivity index (χ0) is 16.4. The van der Waals surface area contributed by atoms with Gasteiger partial charge in [0.1, 0.15) is 17.8 Å². The molecule has 0 saturated carbocycles. The van der Waals surface area contributed by atoms with Gasteiger partial charge in [-0.15, -0.1) is 0 Å². The molecule has 3 heterocycles. The van der Waals surface area contributed by atoms with Crippen molar-refractivity contribution < 1.29 is 9.26 Å². The lowest BCUT2D eigenvalue weighted by Gasteiger charge is -2.07. The average Bonchev–Trinajstić information content (AvgIpc) is 3.27. The summed E-state index contributed by atoms with van der Waals surface area (Å²) in [7, 11) is 0. The summed E-state index contributed by atoms with van der Waals surface area (Å²) < 4.78 is 12.7. The van der Waals surface area contributed by atoms with Gasteiger partial charge >= 0.3 is 0 Å². The first-order valence-electron chi connectivity index (χ1n) is 7.24. The molecule has 1 aromatic carbocycles. The Balaban J connectivity index is 1.49. The van der Waals surface area contributed by atoms with Crippen molar-refractivity contribution in [3.05, 3.63) is 65.7 Å². The summed E-state index contributed by atoms with van der Waals surface area (Å²) in [5.41, 5.74) is 0.696. The predicted octanol–water partition coefficient (Wildman–Crippen LogP) is 3.10. The number of hydrogen-bond donors (Lipinski definition) is 0. The fraction of sp³-hybridized carbons (Fsp3) is 0.125. The van der Waals surface area contributed by atoms with Crippen LogP contribution in [0.15, 0.2) is 53.4 Å². The number of aromatic nitrogens is 5. The first-order valence-corrected chi connectivity index (χ1v) is 7.62. The number of pyridine rings is 1. The van der Waals surface area contributed by atoms with Crippen molar-refractivity contribution in [1.82, 2.24) is 24.9 Å². The lowest BCUT2D eigenvalue weighted by atomic mass is 10.2. The molecule has 120 valence electrons. The van der Waals surface area contributed by atoms with E-state index >= 15 is 0 Å². The molecule has 0 radical (unpaired) electrons. The largest absolute Gasteiger partial charge is 0.481 e. The van der Waals surface area contributed by atoms with Gasteiger partial charge in [-0.05, 0) is 30.3 Å². The van der Waals surface area contributed by atoms with Crippen LogP contribution in [0.25, 0.3) is 10.9 Å². The molecule has 3 aromatic heterocycles. The maximum atomic E-state index is 6.17. The van der Waals surface area contributed by atoms with Crippen LogP contribution in [0.1, 0.15) is 11.7 Å². The third kappa shape index (κ3) is 2.93. The minimum absolute atomic E-state index is 0.152. The van der Waals surface area contributed by atoms with E-state index in [2.05, 4.69) is 20.2 Å². The summed E-state index contributed by atoms with van der Waals surface area (Å²) >= 11 is 6.17. The highest BCUT2D eigenvalue weighted by Gasteiger charge is 2.11. The molecule has 0 bridgehead atoms. The fourth-order valence-electron chi connectivity index (χ4n) is 2.32. The number of nitrogens with zero attached hydrogens (tertiary/aromatic N) is 5. The Kier molecular flexibility index (Phi) is 3.84. The van der Waals surface area contributed by atoms with Gasteiger partial charge in [-0.1, -0.05) is 16.8 Å². The fourth-order valence-corrected chi connectivity index (χ4v) is 2.54. The summed E-state index contributed by atoms with van der Waals surface area (Å²) in [6.07, 6.45) is 5.22. The van der Waals surface area contributed by atoms with Gasteiger partial charge in [-0.2, -0.15) is 10.1 Å². The summed E-state index contributed by atoms with van der Waals surface area (Å²) in [5.74, 6) is 1.54. The van der Waals surface area contributed by atoms with E-state index in [9.17, 15) is 0 Å². The van der Waals surface area contributed by atoms with Crippen molar-refractivity contribution in [1.29, 1.82) is 0 Å². The van der Waals surface area contributed by atoms with E-state index in [4.69, 9.17) is 20.9 Å². The lowest BCUT2D eigenvalue weighted by Crippen LogP contribution is -2.02. The molecule has 0 aliphatic heterocycles. The van der Waals surface area contributed by atoms with Crippen LogP contribution >= 0.6 is 11.6 Å². The zero-order valence-corrected chi connectivity index (χ0v) is 13.2. The molecule has 0 aliphatic carbocycles. The Morgan fingerprint density at radius 1 is 1.17 bits per heavy atom. The van der Waals surface area contributed by atoms with Crippen LogP contribution in [0.2, 0.25) is 5.02 Å². The number of halogens is 1. The number of benzene rings is 1. The van der Waals surface area contributed by atoms with Crippen molar-refractivity contribution in [3.63, 3.8) is 0 Å². The quantitative estimate of drug-likeness (QED) is 0.555. The molecular formula is C16H12ClN5O2. The summed E-state index contributed by atoms with van der Waals surface area (Å²) in [5, 5.41) is 9.48. The molecule has 0 N–H and O–H groups in total. The van der Waals surface area contributed by atoms with Crippen molar-refractivity contribution in [3.8, 4) is 5.75 Å². The van der Waals surface area contributed by atoms with Crippen molar-refractivity contribution in [2.45, 2.75) is 13.2 Å². The summed E-state index contributed by atoms with van der Waals surface area (Å²) in [6.45, 7) is 0.599. The second-order valence-corrected chi connectivity index (χ2v) is 5.45. The van der Waals surface area contributed by atoms with Gasteiger partial charge in [0.05, 0.1) is 5.02 Å². The van der Waals surface area contributed by atoms with Crippen LogP contribution in [0, 0.1) is 0 Å². The van der Waals surface area contributed by atoms with Gasteiger partial charge < -0.3 is 9.26 Å². The Morgan fingerprint density at radius 2 is 2.12 bits per heavy atom. The maximum absolute atomic E-state index is 6.17. The van der Waals surface area contributed by atoms with E-state index in [0.29, 0.717) is 34.5 Å². The molecule has 0 atom stereocenters. The minimum Gasteiger partial charge on any atom is -0.481 e. The SMILES string of the molecule is Clc1ccc(OCc2nc(Cn3cccn3)no2)c2ncccc12. The standard InChI is InChI=1S/C16H12ClN5O2/c17-12-4-5-13(16-11(12)3-1-6-18-16)23-10-15-20-14(21-24-15)9-22-8-2-7-19-22/h1-8H,9-10H2. The first kappa shape index (κ1) is 14.6. The van der Waals surface area contributed by atoms with Crippen LogP contribution in [0.4, 0.5) is 0 Å². The van der Waals surface area contributed by atoms with Crippen LogP contribution in [0.3, 0.4) is 0 Å². The predicted molar refractivity (Wildman–Crippen MR) is 86.7 cm³/mol. The van der Waals surface area contributed by atoms with Crippen LogP contribution < -0.4 is 4.74 Å². The molecule has 4 aromatic rings. The summed E-state index contributed by atoms with van der Waals surface area (Å²) in [4.78, 5) is 8.61. The normalized spacial score (nSPS) is 11.0. The van der Waals surface area contributed by atoms with E-state index in [1.54, 1.807) is 29.2 Å². The highest BCUT2D eigenvalue weighted by molar-refractivity contribution is 6.35. The minimum atomic E-state index is 0.152. The Bertz CT molecular complexity index is 968. The van der Waals surface area contributed by atoms with Crippen molar-refractivity contribution >= 4 is 22.5 Å². The smallest absolute Gasteiger partial charge is 0.264 e. The third-order valence-electron chi connectivity index (χ3n) is 3.40. The van der Waals surface area contributed by atoms with Gasteiger partial charge in [-0.3, -0.25) is 9.67 Å². The molecule has 24 heavy (non-hydrogen) atoms. The number of fused-ring (bicyclic) bond motifs is 1. The van der Waals surface area contributed by atoms with E-state index in [1.807, 2.05) is 24.4 Å². The summed E-state index contributed by atoms with van der Waals surface area (Å²) in [6, 6.07) is 9.11. The Morgan fingerprint density at radius 3 is 3.00 bits per heavy atom. The topological polar surface area (TPSA) is 78.9 Å². The lowest BCUT2D eigenvalue weighted by molar-refractivity contribution is 0.244. The van der Waals surface area contributed by atoms with E-state index < -0.39 is 0 Å². The number of ether oxygens (including phenoxy) is 1. The number of hydrogen-bond acceptors (Lipinski definition) is 6. The molecule has 8 heteroatoms. The molecular weight excluding hydrogens is 330 g/mol. The van der Waals surface area contributed by atoms with Gasteiger partial charge in [-0.25, -0.2) is 0 Å². The maximum Gasteiger partial charge on any atom is 0.264 e. The van der Waals surface area contributed by atoms with Gasteiger partial charge in [0.15, 0.2) is 12.4 Å². The zero-order valence-electron chi connectivity index (χ0n) is 12.5. The highest BCUT2D eigenvalue weighted by Crippen LogP contribution is 2.29. The second-order valence-electron chi connectivity index (χ2n) is 5.04. The molecule has 0 fully saturated rings. The van der Waals surface area contributed by atoms with Crippen LogP contribution in [-0.2, 0) is 13.2 Å². The first-order chi connectivity index (χ1) is 11.8. The van der Waals surface area contributed by atoms with Gasteiger partial charge in [0.25, 0.3) is 5.89 Å². The van der Waals surface area contributed by atoms with E-state index in [-0.39, 0.29) is 6.61 Å². The van der Waals surface area contributed by atoms with E-state index in [1.165, 1.54) is 0 Å². The number of rotatable bonds is 5.